The van der Waals surface area contributed by atoms with Crippen molar-refractivity contribution < 1.29 is 4.39 Å². The smallest absolute Gasteiger partial charge is 0.157 e. The van der Waals surface area contributed by atoms with Crippen LogP contribution in [0.15, 0.2) is 103 Å². The summed E-state index contributed by atoms with van der Waals surface area (Å²) in [6, 6.07) is 33.6. The fourth-order valence-electron chi connectivity index (χ4n) is 4.69. The van der Waals surface area contributed by atoms with E-state index in [0.717, 1.165) is 39.0 Å². The molecule has 6 rings (SSSR count). The van der Waals surface area contributed by atoms with Crippen molar-refractivity contribution in [2.45, 2.75) is 13.5 Å². The van der Waals surface area contributed by atoms with E-state index in [1.165, 1.54) is 10.8 Å². The molecule has 0 spiro atoms. The maximum absolute atomic E-state index is 16.0. The molecule has 4 heteroatoms. The van der Waals surface area contributed by atoms with Crippen molar-refractivity contribution in [3.63, 3.8) is 0 Å². The Balaban J connectivity index is 1.35. The van der Waals surface area contributed by atoms with Gasteiger partial charge in [0.15, 0.2) is 5.82 Å². The summed E-state index contributed by atoms with van der Waals surface area (Å²) in [6.07, 6.45) is 0. The van der Waals surface area contributed by atoms with Crippen molar-refractivity contribution in [3.8, 4) is 28.7 Å². The summed E-state index contributed by atoms with van der Waals surface area (Å²) in [5.41, 5.74) is 12.0. The monoisotopic (exact) mass is 481 g/mol. The summed E-state index contributed by atoms with van der Waals surface area (Å²) in [6.45, 7) is 2.31. The van der Waals surface area contributed by atoms with Crippen LogP contribution in [0, 0.1) is 24.6 Å². The van der Waals surface area contributed by atoms with Gasteiger partial charge in [-0.05, 0) is 65.2 Å². The fourth-order valence-corrected chi connectivity index (χ4v) is 4.69. The minimum absolute atomic E-state index is 0.300. The molecule has 0 unspecified atom stereocenters. The van der Waals surface area contributed by atoms with Crippen LogP contribution in [0.1, 0.15) is 22.4 Å². The zero-order valence-electron chi connectivity index (χ0n) is 20.4. The Morgan fingerprint density at radius 1 is 0.784 bits per heavy atom. The number of halogens is 1. The Bertz CT molecular complexity index is 1840. The molecule has 6 aromatic rings. The quantitative estimate of drug-likeness (QED) is 0.273. The molecule has 0 saturated heterocycles. The van der Waals surface area contributed by atoms with E-state index >= 15 is 4.39 Å². The van der Waals surface area contributed by atoms with E-state index in [2.05, 4.69) is 41.2 Å². The second-order valence-electron chi connectivity index (χ2n) is 9.08. The van der Waals surface area contributed by atoms with Crippen LogP contribution in [0.5, 0.6) is 0 Å². The largest absolute Gasteiger partial charge is 0.326 e. The SMILES string of the molecule is Cc1nn(-c2cccc(CN)c2)c2c(F)c(-c3ccc(C#Cc4ccc5ccccc5c4)cc3)ccc12. The number of nitrogens with two attached hydrogens (primary N) is 1. The highest BCUT2D eigenvalue weighted by Gasteiger charge is 2.17. The van der Waals surface area contributed by atoms with Gasteiger partial charge in [0.2, 0.25) is 0 Å². The number of benzene rings is 5. The molecule has 2 N–H and O–H groups in total. The van der Waals surface area contributed by atoms with Crippen LogP contribution < -0.4 is 5.73 Å². The van der Waals surface area contributed by atoms with Crippen LogP contribution in [-0.2, 0) is 6.54 Å². The Morgan fingerprint density at radius 2 is 1.54 bits per heavy atom. The molecular weight excluding hydrogens is 457 g/mol. The van der Waals surface area contributed by atoms with Gasteiger partial charge in [0.05, 0.1) is 11.4 Å². The van der Waals surface area contributed by atoms with Gasteiger partial charge in [0.1, 0.15) is 5.52 Å². The number of aryl methyl sites for hydroxylation is 1. The normalized spacial score (nSPS) is 11.0. The van der Waals surface area contributed by atoms with Gasteiger partial charge < -0.3 is 5.73 Å². The molecule has 0 fully saturated rings. The minimum Gasteiger partial charge on any atom is -0.326 e. The molecule has 0 amide bonds. The van der Waals surface area contributed by atoms with Crippen molar-refractivity contribution in [2.24, 2.45) is 5.73 Å². The highest BCUT2D eigenvalue weighted by molar-refractivity contribution is 5.89. The van der Waals surface area contributed by atoms with Gasteiger partial charge in [-0.2, -0.15) is 5.10 Å². The lowest BCUT2D eigenvalue weighted by molar-refractivity contribution is 0.635. The standard InChI is InChI=1S/C33H24FN3/c1-22-30-17-18-31(32(34)33(30)37(36-22)29-8-4-5-25(20-29)21-35)27-15-11-23(12-16-27)9-10-24-13-14-26-6-2-3-7-28(26)19-24/h2-8,11-20H,21,35H2,1H3. The first-order valence-electron chi connectivity index (χ1n) is 12.2. The molecule has 5 aromatic carbocycles. The summed E-state index contributed by atoms with van der Waals surface area (Å²) >= 11 is 0. The molecule has 0 atom stereocenters. The highest BCUT2D eigenvalue weighted by atomic mass is 19.1. The van der Waals surface area contributed by atoms with E-state index in [0.29, 0.717) is 17.6 Å². The Kier molecular flexibility index (Phi) is 5.76. The first-order valence-corrected chi connectivity index (χ1v) is 12.2. The summed E-state index contributed by atoms with van der Waals surface area (Å²) in [5.74, 6) is 6.17. The fraction of sp³-hybridized carbons (Fsp3) is 0.0606. The molecule has 0 radical (unpaired) electrons. The molecule has 0 aliphatic carbocycles. The summed E-state index contributed by atoms with van der Waals surface area (Å²) < 4.78 is 17.7. The summed E-state index contributed by atoms with van der Waals surface area (Å²) in [4.78, 5) is 0. The molecule has 0 aliphatic heterocycles. The van der Waals surface area contributed by atoms with Gasteiger partial charge in [-0.1, -0.05) is 78.6 Å². The van der Waals surface area contributed by atoms with Crippen LogP contribution in [0.3, 0.4) is 0 Å². The second kappa shape index (κ2) is 9.39. The van der Waals surface area contributed by atoms with Crippen LogP contribution >= 0.6 is 0 Å². The molecule has 1 aromatic heterocycles. The molecule has 0 aliphatic rings. The van der Waals surface area contributed by atoms with Gasteiger partial charge in [-0.3, -0.25) is 0 Å². The first-order chi connectivity index (χ1) is 18.1. The topological polar surface area (TPSA) is 43.8 Å². The number of hydrogen-bond acceptors (Lipinski definition) is 2. The number of hydrogen-bond donors (Lipinski definition) is 1. The van der Waals surface area contributed by atoms with Crippen molar-refractivity contribution in [1.29, 1.82) is 0 Å². The lowest BCUT2D eigenvalue weighted by Crippen LogP contribution is -2.02. The zero-order valence-corrected chi connectivity index (χ0v) is 20.4. The zero-order chi connectivity index (χ0) is 25.4. The average Bonchev–Trinajstić information content (AvgIpc) is 3.29. The second-order valence-corrected chi connectivity index (χ2v) is 9.08. The van der Waals surface area contributed by atoms with Crippen LogP contribution in [0.25, 0.3) is 38.5 Å². The number of nitrogens with zero attached hydrogens (tertiary/aromatic N) is 2. The molecule has 0 saturated carbocycles. The van der Waals surface area contributed by atoms with E-state index in [4.69, 9.17) is 5.73 Å². The molecule has 0 bridgehead atoms. The van der Waals surface area contributed by atoms with E-state index in [9.17, 15) is 0 Å². The van der Waals surface area contributed by atoms with Crippen molar-refractivity contribution in [3.05, 3.63) is 131 Å². The van der Waals surface area contributed by atoms with Crippen LogP contribution in [-0.4, -0.2) is 9.78 Å². The van der Waals surface area contributed by atoms with Gasteiger partial charge in [0, 0.05) is 28.6 Å². The summed E-state index contributed by atoms with van der Waals surface area (Å²) in [5, 5.41) is 7.78. The Labute approximate surface area is 215 Å². The van der Waals surface area contributed by atoms with Gasteiger partial charge in [-0.25, -0.2) is 9.07 Å². The third kappa shape index (κ3) is 4.27. The van der Waals surface area contributed by atoms with Crippen LogP contribution in [0.4, 0.5) is 4.39 Å². The first kappa shape index (κ1) is 22.7. The van der Waals surface area contributed by atoms with E-state index in [-0.39, 0.29) is 5.82 Å². The molecule has 1 heterocycles. The molecule has 3 nitrogen and oxygen atoms in total. The van der Waals surface area contributed by atoms with Gasteiger partial charge >= 0.3 is 0 Å². The lowest BCUT2D eigenvalue weighted by atomic mass is 10.0. The average molecular weight is 482 g/mol. The minimum atomic E-state index is -0.300. The third-order valence-corrected chi connectivity index (χ3v) is 6.66. The van der Waals surface area contributed by atoms with Gasteiger partial charge in [0.25, 0.3) is 0 Å². The van der Waals surface area contributed by atoms with Crippen LogP contribution in [0.2, 0.25) is 0 Å². The molecular formula is C33H24FN3. The van der Waals surface area contributed by atoms with Crippen molar-refractivity contribution >= 4 is 21.7 Å². The summed E-state index contributed by atoms with van der Waals surface area (Å²) in [7, 11) is 0. The lowest BCUT2D eigenvalue weighted by Gasteiger charge is -2.09. The molecule has 178 valence electrons. The number of rotatable bonds is 3. The highest BCUT2D eigenvalue weighted by Crippen LogP contribution is 2.32. The predicted molar refractivity (Wildman–Crippen MR) is 149 cm³/mol. The Morgan fingerprint density at radius 3 is 2.35 bits per heavy atom. The van der Waals surface area contributed by atoms with Crippen molar-refractivity contribution in [2.75, 3.05) is 0 Å². The van der Waals surface area contributed by atoms with E-state index < -0.39 is 0 Å². The maximum Gasteiger partial charge on any atom is 0.157 e. The number of fused-ring (bicyclic) bond motifs is 2. The third-order valence-electron chi connectivity index (χ3n) is 6.66. The number of aromatic nitrogens is 2. The maximum atomic E-state index is 16.0. The van der Waals surface area contributed by atoms with Gasteiger partial charge in [-0.15, -0.1) is 0 Å². The van der Waals surface area contributed by atoms with Crippen molar-refractivity contribution in [1.82, 2.24) is 9.78 Å². The molecule has 37 heavy (non-hydrogen) atoms. The predicted octanol–water partition coefficient (Wildman–Crippen LogP) is 7.15. The van der Waals surface area contributed by atoms with E-state index in [1.807, 2.05) is 85.8 Å². The van der Waals surface area contributed by atoms with E-state index in [1.54, 1.807) is 4.68 Å². The Hall–Kier alpha value is -4.72.